The number of aromatic amines is 1. The Morgan fingerprint density at radius 1 is 1.06 bits per heavy atom. The maximum Gasteiger partial charge on any atom is 0.273 e. The van der Waals surface area contributed by atoms with Crippen LogP contribution < -0.4 is 4.74 Å². The molecule has 0 saturated heterocycles. The van der Waals surface area contributed by atoms with E-state index in [1.807, 2.05) is 29.2 Å². The van der Waals surface area contributed by atoms with Gasteiger partial charge in [0.2, 0.25) is 0 Å². The van der Waals surface area contributed by atoms with Crippen LogP contribution in [0.5, 0.6) is 5.75 Å². The molecule has 0 radical (unpaired) electrons. The third kappa shape index (κ3) is 4.41. The van der Waals surface area contributed by atoms with E-state index in [-0.39, 0.29) is 11.9 Å². The summed E-state index contributed by atoms with van der Waals surface area (Å²) in [4.78, 5) is 15.1. The Morgan fingerprint density at radius 3 is 2.44 bits per heavy atom. The van der Waals surface area contributed by atoms with Gasteiger partial charge in [0, 0.05) is 24.8 Å². The number of nitrogens with one attached hydrogen (secondary N) is 1. The lowest BCUT2D eigenvalue weighted by Crippen LogP contribution is -2.32. The predicted octanol–water partition coefficient (Wildman–Crippen LogP) is 5.00. The van der Waals surface area contributed by atoms with Crippen molar-refractivity contribution in [1.82, 2.24) is 15.1 Å². The molecule has 1 unspecified atom stereocenters. The first-order valence-electron chi connectivity index (χ1n) is 11.2. The lowest BCUT2D eigenvalue weighted by molar-refractivity contribution is 0.0677. The molecule has 168 valence electrons. The molecule has 1 aromatic heterocycles. The molecule has 0 spiro atoms. The van der Waals surface area contributed by atoms with E-state index in [1.54, 1.807) is 7.11 Å². The van der Waals surface area contributed by atoms with Crippen LogP contribution in [0.2, 0.25) is 0 Å². The van der Waals surface area contributed by atoms with Gasteiger partial charge in [0.15, 0.2) is 0 Å². The van der Waals surface area contributed by atoms with Crippen molar-refractivity contribution in [2.24, 2.45) is 5.92 Å². The van der Waals surface area contributed by atoms with Crippen molar-refractivity contribution in [3.63, 3.8) is 0 Å². The van der Waals surface area contributed by atoms with Crippen molar-refractivity contribution in [3.8, 4) is 17.0 Å². The molecule has 32 heavy (non-hydrogen) atoms. The Balaban J connectivity index is 1.68. The number of H-pyrrole nitrogens is 1. The standard InChI is InChI=1S/C26H31N3O3/c1-17(2)13-15-32-21-11-9-20(10-12-21)25-22-23(19-7-5-18(3)6-8-19)27-28-24(22)26(30)29(25)14-16-31-4/h5-12,17,25H,13-16H2,1-4H3,(H,27,28). The van der Waals surface area contributed by atoms with E-state index in [2.05, 4.69) is 55.2 Å². The third-order valence-corrected chi connectivity index (χ3v) is 5.88. The van der Waals surface area contributed by atoms with Crippen molar-refractivity contribution >= 4 is 5.91 Å². The van der Waals surface area contributed by atoms with Crippen molar-refractivity contribution < 1.29 is 14.3 Å². The lowest BCUT2D eigenvalue weighted by Gasteiger charge is -2.26. The molecular weight excluding hydrogens is 402 g/mol. The number of fused-ring (bicyclic) bond motifs is 1. The highest BCUT2D eigenvalue weighted by Gasteiger charge is 2.41. The van der Waals surface area contributed by atoms with Gasteiger partial charge in [0.05, 0.1) is 24.9 Å². The summed E-state index contributed by atoms with van der Waals surface area (Å²) in [5.41, 5.74) is 5.49. The number of aryl methyl sites for hydroxylation is 1. The van der Waals surface area contributed by atoms with Gasteiger partial charge in [-0.3, -0.25) is 9.89 Å². The minimum atomic E-state index is -0.229. The fourth-order valence-electron chi connectivity index (χ4n) is 4.05. The number of nitrogens with zero attached hydrogens (tertiary/aromatic N) is 2. The van der Waals surface area contributed by atoms with Crippen molar-refractivity contribution in [2.45, 2.75) is 33.2 Å². The Labute approximate surface area is 189 Å². The molecule has 4 rings (SSSR count). The van der Waals surface area contributed by atoms with Crippen LogP contribution in [0.4, 0.5) is 0 Å². The monoisotopic (exact) mass is 433 g/mol. The normalized spacial score (nSPS) is 15.5. The van der Waals surface area contributed by atoms with Gasteiger partial charge in [-0.05, 0) is 37.0 Å². The molecule has 0 saturated carbocycles. The van der Waals surface area contributed by atoms with Crippen LogP contribution in [0, 0.1) is 12.8 Å². The average Bonchev–Trinajstić information content (AvgIpc) is 3.32. The average molecular weight is 434 g/mol. The van der Waals surface area contributed by atoms with E-state index < -0.39 is 0 Å². The van der Waals surface area contributed by atoms with E-state index in [0.717, 1.165) is 34.6 Å². The fourth-order valence-corrected chi connectivity index (χ4v) is 4.05. The number of carbonyl (C=O) groups excluding carboxylic acids is 1. The van der Waals surface area contributed by atoms with E-state index in [4.69, 9.17) is 9.47 Å². The van der Waals surface area contributed by atoms with Crippen LogP contribution in [0.15, 0.2) is 48.5 Å². The molecule has 1 amide bonds. The molecule has 0 aliphatic carbocycles. The second kappa shape index (κ2) is 9.57. The maximum atomic E-state index is 13.2. The van der Waals surface area contributed by atoms with Gasteiger partial charge in [0.1, 0.15) is 11.4 Å². The number of rotatable bonds is 9. The van der Waals surface area contributed by atoms with Crippen molar-refractivity contribution in [2.75, 3.05) is 26.9 Å². The highest BCUT2D eigenvalue weighted by Crippen LogP contribution is 2.42. The molecule has 0 fully saturated rings. The molecule has 1 atom stereocenters. The zero-order valence-electron chi connectivity index (χ0n) is 19.2. The fraction of sp³-hybridized carbons (Fsp3) is 0.385. The zero-order chi connectivity index (χ0) is 22.7. The van der Waals surface area contributed by atoms with Crippen LogP contribution >= 0.6 is 0 Å². The molecule has 1 aliphatic heterocycles. The molecule has 6 heteroatoms. The summed E-state index contributed by atoms with van der Waals surface area (Å²) in [6.07, 6.45) is 1.02. The summed E-state index contributed by atoms with van der Waals surface area (Å²) in [7, 11) is 1.65. The van der Waals surface area contributed by atoms with Crippen LogP contribution in [-0.4, -0.2) is 47.9 Å². The zero-order valence-corrected chi connectivity index (χ0v) is 19.2. The van der Waals surface area contributed by atoms with Crippen LogP contribution in [0.3, 0.4) is 0 Å². The van der Waals surface area contributed by atoms with Gasteiger partial charge in [-0.15, -0.1) is 0 Å². The molecule has 2 heterocycles. The SMILES string of the molecule is COCCN1C(=O)c2[nH]nc(-c3ccc(C)cc3)c2C1c1ccc(OCCC(C)C)cc1. The predicted molar refractivity (Wildman–Crippen MR) is 125 cm³/mol. The molecule has 3 aromatic rings. The topological polar surface area (TPSA) is 67.5 Å². The van der Waals surface area contributed by atoms with Gasteiger partial charge >= 0.3 is 0 Å². The number of aromatic nitrogens is 2. The summed E-state index contributed by atoms with van der Waals surface area (Å²) >= 11 is 0. The van der Waals surface area contributed by atoms with Crippen LogP contribution in [0.1, 0.15) is 53.5 Å². The van der Waals surface area contributed by atoms with E-state index in [9.17, 15) is 4.79 Å². The molecule has 1 N–H and O–H groups in total. The smallest absolute Gasteiger partial charge is 0.273 e. The van der Waals surface area contributed by atoms with Gasteiger partial charge in [-0.25, -0.2) is 0 Å². The van der Waals surface area contributed by atoms with Crippen LogP contribution in [-0.2, 0) is 4.74 Å². The summed E-state index contributed by atoms with van der Waals surface area (Å²) in [5, 5.41) is 7.52. The second-order valence-corrected chi connectivity index (χ2v) is 8.72. The highest BCUT2D eigenvalue weighted by molar-refractivity contribution is 6.00. The molecular formula is C26H31N3O3. The van der Waals surface area contributed by atoms with Crippen molar-refractivity contribution in [3.05, 3.63) is 70.9 Å². The summed E-state index contributed by atoms with van der Waals surface area (Å²) in [6, 6.07) is 16.1. The molecule has 2 aromatic carbocycles. The Bertz CT molecular complexity index is 1050. The van der Waals surface area contributed by atoms with E-state index in [1.165, 1.54) is 5.56 Å². The number of hydrogen-bond donors (Lipinski definition) is 1. The summed E-state index contributed by atoms with van der Waals surface area (Å²) < 4.78 is 11.2. The summed E-state index contributed by atoms with van der Waals surface area (Å²) in [5.74, 6) is 1.39. The Hall–Kier alpha value is -3.12. The van der Waals surface area contributed by atoms with Gasteiger partial charge in [-0.1, -0.05) is 55.8 Å². The number of carbonyl (C=O) groups is 1. The minimum absolute atomic E-state index is 0.0508. The molecule has 1 aliphatic rings. The Kier molecular flexibility index (Phi) is 6.61. The quantitative estimate of drug-likeness (QED) is 0.516. The van der Waals surface area contributed by atoms with Gasteiger partial charge < -0.3 is 14.4 Å². The lowest BCUT2D eigenvalue weighted by atomic mass is 9.95. The number of amides is 1. The van der Waals surface area contributed by atoms with Gasteiger partial charge in [-0.2, -0.15) is 5.10 Å². The maximum absolute atomic E-state index is 13.2. The first-order valence-corrected chi connectivity index (χ1v) is 11.2. The van der Waals surface area contributed by atoms with E-state index >= 15 is 0 Å². The van der Waals surface area contributed by atoms with Gasteiger partial charge in [0.25, 0.3) is 5.91 Å². The first-order chi connectivity index (χ1) is 15.5. The molecule has 6 nitrogen and oxygen atoms in total. The number of ether oxygens (including phenoxy) is 2. The largest absolute Gasteiger partial charge is 0.494 e. The number of benzene rings is 2. The highest BCUT2D eigenvalue weighted by atomic mass is 16.5. The van der Waals surface area contributed by atoms with Crippen molar-refractivity contribution in [1.29, 1.82) is 0 Å². The first kappa shape index (κ1) is 22.1. The third-order valence-electron chi connectivity index (χ3n) is 5.88. The Morgan fingerprint density at radius 2 is 1.78 bits per heavy atom. The second-order valence-electron chi connectivity index (χ2n) is 8.72. The van der Waals surface area contributed by atoms with E-state index in [0.29, 0.717) is 31.4 Å². The number of hydrogen-bond acceptors (Lipinski definition) is 4. The number of methoxy groups -OCH3 is 1. The summed E-state index contributed by atoms with van der Waals surface area (Å²) in [6.45, 7) is 8.10. The molecule has 0 bridgehead atoms. The van der Waals surface area contributed by atoms with Crippen LogP contribution in [0.25, 0.3) is 11.3 Å². The minimum Gasteiger partial charge on any atom is -0.494 e.